The first-order valence-corrected chi connectivity index (χ1v) is 8.46. The number of rotatable bonds is 3. The highest BCUT2D eigenvalue weighted by molar-refractivity contribution is 6.04. The molecule has 0 aliphatic rings. The molecule has 0 saturated carbocycles. The lowest BCUT2D eigenvalue weighted by Crippen LogP contribution is -2.14. The Morgan fingerprint density at radius 3 is 2.50 bits per heavy atom. The molecular weight excluding hydrogens is 404 g/mol. The number of imidazole rings is 1. The van der Waals surface area contributed by atoms with Crippen LogP contribution in [0.15, 0.2) is 55.1 Å². The summed E-state index contributed by atoms with van der Waals surface area (Å²) in [6.45, 7) is 0. The van der Waals surface area contributed by atoms with E-state index in [9.17, 15) is 22.4 Å². The first-order chi connectivity index (χ1) is 14.2. The standard InChI is InChI=1S/C19H12F4N6O/c20-13-8-26-17(24)16-15(27-9-29(13)16)10-1-3-11(4-2-10)18(30)28-14-7-12(5-6-25-14)19(21,22)23/h1-9H,(H2,24,26)(H,25,28,30). The first kappa shape index (κ1) is 19.3. The molecule has 0 bridgehead atoms. The van der Waals surface area contributed by atoms with Crippen LogP contribution in [0, 0.1) is 5.95 Å². The molecule has 152 valence electrons. The van der Waals surface area contributed by atoms with E-state index in [0.29, 0.717) is 11.3 Å². The molecule has 0 radical (unpaired) electrons. The van der Waals surface area contributed by atoms with Crippen LogP contribution in [0.2, 0.25) is 0 Å². The molecule has 0 aliphatic carbocycles. The number of hydrogen-bond acceptors (Lipinski definition) is 5. The summed E-state index contributed by atoms with van der Waals surface area (Å²) in [5.41, 5.74) is 6.27. The van der Waals surface area contributed by atoms with Crippen molar-refractivity contribution >= 4 is 23.1 Å². The lowest BCUT2D eigenvalue weighted by molar-refractivity contribution is -0.137. The number of fused-ring (bicyclic) bond motifs is 1. The van der Waals surface area contributed by atoms with Crippen molar-refractivity contribution in [3.05, 3.63) is 72.2 Å². The second-order valence-electron chi connectivity index (χ2n) is 6.24. The molecule has 0 aliphatic heterocycles. The van der Waals surface area contributed by atoms with Gasteiger partial charge in [-0.3, -0.25) is 9.20 Å². The number of nitrogens with one attached hydrogen (secondary N) is 1. The van der Waals surface area contributed by atoms with Crippen molar-refractivity contribution in [2.45, 2.75) is 6.18 Å². The van der Waals surface area contributed by atoms with Gasteiger partial charge in [0.25, 0.3) is 5.91 Å². The van der Waals surface area contributed by atoms with E-state index in [4.69, 9.17) is 5.73 Å². The minimum absolute atomic E-state index is 0.0846. The topological polar surface area (TPSA) is 98.2 Å². The summed E-state index contributed by atoms with van der Waals surface area (Å²) in [6.07, 6.45) is -1.35. The minimum Gasteiger partial charge on any atom is -0.382 e. The SMILES string of the molecule is Nc1ncc(F)n2cnc(-c3ccc(C(=O)Nc4cc(C(F)(F)F)ccn4)cc3)c12. The van der Waals surface area contributed by atoms with Crippen LogP contribution in [-0.2, 0) is 6.18 Å². The molecule has 0 fully saturated rings. The van der Waals surface area contributed by atoms with Gasteiger partial charge in [-0.2, -0.15) is 17.6 Å². The Morgan fingerprint density at radius 1 is 1.07 bits per heavy atom. The van der Waals surface area contributed by atoms with E-state index in [1.807, 2.05) is 0 Å². The lowest BCUT2D eigenvalue weighted by Gasteiger charge is -2.09. The fraction of sp³-hybridized carbons (Fsp3) is 0.0526. The van der Waals surface area contributed by atoms with Crippen molar-refractivity contribution in [3.8, 4) is 11.3 Å². The van der Waals surface area contributed by atoms with Crippen molar-refractivity contribution in [2.24, 2.45) is 0 Å². The zero-order valence-electron chi connectivity index (χ0n) is 15.0. The van der Waals surface area contributed by atoms with Crippen LogP contribution in [0.4, 0.5) is 29.2 Å². The first-order valence-electron chi connectivity index (χ1n) is 8.46. The van der Waals surface area contributed by atoms with Gasteiger partial charge in [-0.05, 0) is 24.3 Å². The summed E-state index contributed by atoms with van der Waals surface area (Å²) in [6, 6.07) is 7.57. The number of carbonyl (C=O) groups is 1. The third kappa shape index (κ3) is 3.52. The normalized spacial score (nSPS) is 11.6. The number of aromatic nitrogens is 4. The van der Waals surface area contributed by atoms with Gasteiger partial charge in [-0.15, -0.1) is 0 Å². The highest BCUT2D eigenvalue weighted by atomic mass is 19.4. The summed E-state index contributed by atoms with van der Waals surface area (Å²) in [5, 5.41) is 2.32. The quantitative estimate of drug-likeness (QED) is 0.496. The number of pyridine rings is 1. The number of carbonyl (C=O) groups excluding carboxylic acids is 1. The van der Waals surface area contributed by atoms with Gasteiger partial charge < -0.3 is 11.1 Å². The zero-order valence-corrected chi connectivity index (χ0v) is 15.0. The van der Waals surface area contributed by atoms with Gasteiger partial charge in [0, 0.05) is 17.3 Å². The molecule has 0 saturated heterocycles. The number of nitrogen functional groups attached to an aromatic ring is 1. The molecule has 4 rings (SSSR count). The van der Waals surface area contributed by atoms with Crippen LogP contribution in [0.3, 0.4) is 0 Å². The number of halogens is 4. The fourth-order valence-corrected chi connectivity index (χ4v) is 2.86. The average Bonchev–Trinajstić information content (AvgIpc) is 3.17. The Bertz CT molecular complexity index is 1250. The maximum Gasteiger partial charge on any atom is 0.416 e. The molecule has 4 aromatic rings. The van der Waals surface area contributed by atoms with Crippen molar-refractivity contribution in [2.75, 3.05) is 11.1 Å². The average molecular weight is 416 g/mol. The van der Waals surface area contributed by atoms with Crippen molar-refractivity contribution in [1.29, 1.82) is 0 Å². The predicted octanol–water partition coefficient (Wildman–Crippen LogP) is 3.78. The second-order valence-corrected chi connectivity index (χ2v) is 6.24. The third-order valence-electron chi connectivity index (χ3n) is 4.30. The molecule has 0 atom stereocenters. The summed E-state index contributed by atoms with van der Waals surface area (Å²) in [7, 11) is 0. The Balaban J connectivity index is 1.59. The van der Waals surface area contributed by atoms with Crippen LogP contribution in [0.5, 0.6) is 0 Å². The van der Waals surface area contributed by atoms with Gasteiger partial charge in [0.2, 0.25) is 5.95 Å². The monoisotopic (exact) mass is 416 g/mol. The maximum absolute atomic E-state index is 13.9. The van der Waals surface area contributed by atoms with Crippen LogP contribution in [-0.4, -0.2) is 25.3 Å². The van der Waals surface area contributed by atoms with Crippen LogP contribution < -0.4 is 11.1 Å². The molecule has 3 N–H and O–H groups in total. The zero-order chi connectivity index (χ0) is 21.5. The van der Waals surface area contributed by atoms with Gasteiger partial charge in [0.1, 0.15) is 23.5 Å². The summed E-state index contributed by atoms with van der Waals surface area (Å²) in [4.78, 5) is 24.0. The fourth-order valence-electron chi connectivity index (χ4n) is 2.86. The highest BCUT2D eigenvalue weighted by Crippen LogP contribution is 2.30. The molecular formula is C19H12F4N6O. The third-order valence-corrected chi connectivity index (χ3v) is 4.30. The maximum atomic E-state index is 13.9. The van der Waals surface area contributed by atoms with Gasteiger partial charge in [0.15, 0.2) is 0 Å². The van der Waals surface area contributed by atoms with E-state index in [1.165, 1.54) is 18.5 Å². The number of nitrogens with zero attached hydrogens (tertiary/aromatic N) is 4. The van der Waals surface area contributed by atoms with Gasteiger partial charge in [0.05, 0.1) is 17.5 Å². The Kier molecular flexibility index (Phi) is 4.57. The summed E-state index contributed by atoms with van der Waals surface area (Å²) < 4.78 is 53.4. The Labute approximate surface area is 166 Å². The number of amides is 1. The van der Waals surface area contributed by atoms with Gasteiger partial charge >= 0.3 is 6.18 Å². The molecule has 30 heavy (non-hydrogen) atoms. The number of hydrogen-bond donors (Lipinski definition) is 2. The molecule has 0 unspecified atom stereocenters. The molecule has 3 heterocycles. The van der Waals surface area contributed by atoms with Crippen molar-refractivity contribution in [3.63, 3.8) is 0 Å². The van der Waals surface area contributed by atoms with E-state index >= 15 is 0 Å². The highest BCUT2D eigenvalue weighted by Gasteiger charge is 2.30. The molecule has 1 amide bonds. The summed E-state index contributed by atoms with van der Waals surface area (Å²) in [5.74, 6) is -1.42. The molecule has 11 heteroatoms. The lowest BCUT2D eigenvalue weighted by atomic mass is 10.1. The van der Waals surface area contributed by atoms with Crippen LogP contribution in [0.25, 0.3) is 16.8 Å². The summed E-state index contributed by atoms with van der Waals surface area (Å²) >= 11 is 0. The molecule has 1 aromatic carbocycles. The van der Waals surface area contributed by atoms with Gasteiger partial charge in [-0.1, -0.05) is 12.1 Å². The van der Waals surface area contributed by atoms with E-state index in [0.717, 1.165) is 28.9 Å². The largest absolute Gasteiger partial charge is 0.416 e. The Morgan fingerprint density at radius 2 is 1.80 bits per heavy atom. The molecule has 0 spiro atoms. The van der Waals surface area contributed by atoms with E-state index < -0.39 is 23.6 Å². The van der Waals surface area contributed by atoms with E-state index in [2.05, 4.69) is 20.3 Å². The number of nitrogens with two attached hydrogens (primary N) is 1. The smallest absolute Gasteiger partial charge is 0.382 e. The molecule has 3 aromatic heterocycles. The number of alkyl halides is 3. The molecule has 7 nitrogen and oxygen atoms in total. The van der Waals surface area contributed by atoms with E-state index in [-0.39, 0.29) is 22.7 Å². The van der Waals surface area contributed by atoms with Crippen LogP contribution in [0.1, 0.15) is 15.9 Å². The van der Waals surface area contributed by atoms with Crippen LogP contribution >= 0.6 is 0 Å². The Hall–Kier alpha value is -4.02. The second kappa shape index (κ2) is 7.10. The van der Waals surface area contributed by atoms with Crippen molar-refractivity contribution < 1.29 is 22.4 Å². The minimum atomic E-state index is -4.55. The predicted molar refractivity (Wildman–Crippen MR) is 100.0 cm³/mol. The van der Waals surface area contributed by atoms with E-state index in [1.54, 1.807) is 12.1 Å². The van der Waals surface area contributed by atoms with Gasteiger partial charge in [-0.25, -0.2) is 15.0 Å². The number of anilines is 2. The number of benzene rings is 1. The van der Waals surface area contributed by atoms with Crippen molar-refractivity contribution in [1.82, 2.24) is 19.4 Å².